The quantitative estimate of drug-likeness (QED) is 0.605. The van der Waals surface area contributed by atoms with Gasteiger partial charge in [-0.2, -0.15) is 0 Å². The lowest BCUT2D eigenvalue weighted by Crippen LogP contribution is -2.08. The van der Waals surface area contributed by atoms with E-state index in [0.717, 1.165) is 12.8 Å². The molecule has 0 amide bonds. The van der Waals surface area contributed by atoms with Crippen LogP contribution in [0.4, 0.5) is 0 Å². The molecule has 5 heteroatoms. The third kappa shape index (κ3) is 3.21. The number of hydrogen-bond acceptors (Lipinski definition) is 4. The number of aromatic hydroxyl groups is 1. The van der Waals surface area contributed by atoms with Gasteiger partial charge in [0, 0.05) is 0 Å². The Bertz CT molecular complexity index is 425. The number of carboxylic acids is 1. The molecule has 0 aromatic heterocycles. The Hall–Kier alpha value is -2.04. The number of phenols is 1. The van der Waals surface area contributed by atoms with Crippen LogP contribution in [0.3, 0.4) is 0 Å². The maximum atomic E-state index is 11.5. The molecule has 1 aromatic rings. The van der Waals surface area contributed by atoms with E-state index >= 15 is 0 Å². The first kappa shape index (κ1) is 13.0. The molecule has 0 fully saturated rings. The number of carboxylic acid groups (broad SMARTS) is 1. The van der Waals surface area contributed by atoms with E-state index in [-0.39, 0.29) is 17.7 Å². The Labute approximate surface area is 98.6 Å². The summed E-state index contributed by atoms with van der Waals surface area (Å²) in [6, 6.07) is 3.94. The number of unbranched alkanes of at least 4 members (excludes halogenated alkanes) is 1. The molecule has 2 N–H and O–H groups in total. The van der Waals surface area contributed by atoms with Crippen LogP contribution in [-0.2, 0) is 4.74 Å². The van der Waals surface area contributed by atoms with Crippen LogP contribution in [0.25, 0.3) is 0 Å². The fourth-order valence-corrected chi connectivity index (χ4v) is 1.27. The molecule has 0 aliphatic carbocycles. The molecule has 0 radical (unpaired) electrons. The third-order valence-corrected chi connectivity index (χ3v) is 2.22. The van der Waals surface area contributed by atoms with Gasteiger partial charge in [0.25, 0.3) is 0 Å². The van der Waals surface area contributed by atoms with E-state index in [1.54, 1.807) is 0 Å². The molecule has 1 aromatic carbocycles. The molecule has 17 heavy (non-hydrogen) atoms. The third-order valence-electron chi connectivity index (χ3n) is 2.22. The number of hydrogen-bond donors (Lipinski definition) is 2. The number of aromatic carboxylic acids is 1. The maximum Gasteiger partial charge on any atom is 0.341 e. The number of carbonyl (C=O) groups excluding carboxylic acids is 1. The Kier molecular flexibility index (Phi) is 4.51. The fourth-order valence-electron chi connectivity index (χ4n) is 1.27. The van der Waals surface area contributed by atoms with Crippen molar-refractivity contribution in [2.45, 2.75) is 19.8 Å². The standard InChI is InChI=1S/C12H14O5/c1-2-3-7-17-12(16)9-6-4-5-8(10(9)13)11(14)15/h4-6,13H,2-3,7H2,1H3,(H,14,15). The Morgan fingerprint density at radius 3 is 2.53 bits per heavy atom. The Balaban J connectivity index is 2.87. The van der Waals surface area contributed by atoms with Crippen molar-refractivity contribution in [3.63, 3.8) is 0 Å². The lowest BCUT2D eigenvalue weighted by molar-refractivity contribution is 0.0496. The summed E-state index contributed by atoms with van der Waals surface area (Å²) in [5, 5.41) is 18.4. The second kappa shape index (κ2) is 5.89. The summed E-state index contributed by atoms with van der Waals surface area (Å²) in [5.41, 5.74) is -0.434. The van der Waals surface area contributed by atoms with Crippen molar-refractivity contribution in [3.05, 3.63) is 29.3 Å². The second-order valence-electron chi connectivity index (χ2n) is 3.50. The summed E-state index contributed by atoms with van der Waals surface area (Å²) in [4.78, 5) is 22.3. The van der Waals surface area contributed by atoms with Crippen LogP contribution >= 0.6 is 0 Å². The first-order valence-electron chi connectivity index (χ1n) is 5.30. The van der Waals surface area contributed by atoms with Gasteiger partial charge in [-0.3, -0.25) is 0 Å². The van der Waals surface area contributed by atoms with Gasteiger partial charge in [-0.05, 0) is 18.6 Å². The van der Waals surface area contributed by atoms with Gasteiger partial charge in [-0.25, -0.2) is 9.59 Å². The van der Waals surface area contributed by atoms with Crippen molar-refractivity contribution in [3.8, 4) is 5.75 Å². The van der Waals surface area contributed by atoms with Gasteiger partial charge in [-0.15, -0.1) is 0 Å². The molecule has 0 atom stereocenters. The molecule has 1 rings (SSSR count). The summed E-state index contributed by atoms with van der Waals surface area (Å²) < 4.78 is 4.89. The zero-order valence-electron chi connectivity index (χ0n) is 9.47. The number of rotatable bonds is 5. The van der Waals surface area contributed by atoms with Crippen LogP contribution in [0, 0.1) is 0 Å². The van der Waals surface area contributed by atoms with Gasteiger partial charge >= 0.3 is 11.9 Å². The topological polar surface area (TPSA) is 83.8 Å². The summed E-state index contributed by atoms with van der Waals surface area (Å²) in [6.45, 7) is 2.21. The number of para-hydroxylation sites is 1. The highest BCUT2D eigenvalue weighted by molar-refractivity contribution is 5.99. The monoisotopic (exact) mass is 238 g/mol. The van der Waals surface area contributed by atoms with E-state index in [1.807, 2.05) is 6.92 Å². The highest BCUT2D eigenvalue weighted by Gasteiger charge is 2.18. The molecule has 0 heterocycles. The molecule has 0 saturated carbocycles. The Morgan fingerprint density at radius 2 is 1.94 bits per heavy atom. The minimum atomic E-state index is -1.29. The molecule has 0 aliphatic heterocycles. The second-order valence-corrected chi connectivity index (χ2v) is 3.50. The largest absolute Gasteiger partial charge is 0.506 e. The van der Waals surface area contributed by atoms with E-state index in [9.17, 15) is 14.7 Å². The van der Waals surface area contributed by atoms with Crippen LogP contribution in [0.2, 0.25) is 0 Å². The fraction of sp³-hybridized carbons (Fsp3) is 0.333. The Morgan fingerprint density at radius 1 is 1.29 bits per heavy atom. The zero-order chi connectivity index (χ0) is 12.8. The van der Waals surface area contributed by atoms with Crippen molar-refractivity contribution >= 4 is 11.9 Å². The predicted molar refractivity (Wildman–Crippen MR) is 60.3 cm³/mol. The van der Waals surface area contributed by atoms with E-state index in [1.165, 1.54) is 18.2 Å². The maximum absolute atomic E-state index is 11.5. The van der Waals surface area contributed by atoms with E-state index < -0.39 is 17.7 Å². The van der Waals surface area contributed by atoms with Crippen LogP contribution in [-0.4, -0.2) is 28.8 Å². The van der Waals surface area contributed by atoms with Crippen LogP contribution in [0.5, 0.6) is 5.75 Å². The number of benzene rings is 1. The molecule has 92 valence electrons. The van der Waals surface area contributed by atoms with Gasteiger partial charge in [0.1, 0.15) is 16.9 Å². The number of ether oxygens (including phenoxy) is 1. The summed E-state index contributed by atoms with van der Waals surface area (Å²) in [6.07, 6.45) is 1.61. The average molecular weight is 238 g/mol. The normalized spacial score (nSPS) is 9.94. The van der Waals surface area contributed by atoms with Crippen molar-refractivity contribution in [2.24, 2.45) is 0 Å². The number of esters is 1. The van der Waals surface area contributed by atoms with Gasteiger partial charge < -0.3 is 14.9 Å². The molecule has 5 nitrogen and oxygen atoms in total. The highest BCUT2D eigenvalue weighted by Crippen LogP contribution is 2.23. The van der Waals surface area contributed by atoms with Crippen molar-refractivity contribution < 1.29 is 24.5 Å². The SMILES string of the molecule is CCCCOC(=O)c1cccc(C(=O)O)c1O. The van der Waals surface area contributed by atoms with Gasteiger partial charge in [0.15, 0.2) is 0 Å². The van der Waals surface area contributed by atoms with Crippen molar-refractivity contribution in [1.82, 2.24) is 0 Å². The van der Waals surface area contributed by atoms with E-state index in [2.05, 4.69) is 0 Å². The minimum absolute atomic E-state index is 0.124. The van der Waals surface area contributed by atoms with Crippen LogP contribution < -0.4 is 0 Å². The van der Waals surface area contributed by atoms with E-state index in [0.29, 0.717) is 0 Å². The average Bonchev–Trinajstić information content (AvgIpc) is 2.29. The van der Waals surface area contributed by atoms with Gasteiger partial charge in [-0.1, -0.05) is 19.4 Å². The van der Waals surface area contributed by atoms with Gasteiger partial charge in [0.2, 0.25) is 0 Å². The minimum Gasteiger partial charge on any atom is -0.506 e. The van der Waals surface area contributed by atoms with Gasteiger partial charge in [0.05, 0.1) is 6.61 Å². The first-order valence-corrected chi connectivity index (χ1v) is 5.30. The zero-order valence-corrected chi connectivity index (χ0v) is 9.47. The highest BCUT2D eigenvalue weighted by atomic mass is 16.5. The molecular weight excluding hydrogens is 224 g/mol. The summed E-state index contributed by atoms with van der Waals surface area (Å²) >= 11 is 0. The first-order chi connectivity index (χ1) is 8.07. The molecule has 0 unspecified atom stereocenters. The molecule has 0 saturated heterocycles. The molecule has 0 aliphatic rings. The van der Waals surface area contributed by atoms with Crippen molar-refractivity contribution in [2.75, 3.05) is 6.61 Å². The molecule has 0 bridgehead atoms. The molecular formula is C12H14O5. The van der Waals surface area contributed by atoms with Crippen LogP contribution in [0.1, 0.15) is 40.5 Å². The predicted octanol–water partition coefficient (Wildman–Crippen LogP) is 2.05. The molecule has 0 spiro atoms. The van der Waals surface area contributed by atoms with Crippen molar-refractivity contribution in [1.29, 1.82) is 0 Å². The summed E-state index contributed by atoms with van der Waals surface area (Å²) in [5.74, 6) is -2.55. The lowest BCUT2D eigenvalue weighted by Gasteiger charge is -2.07. The lowest BCUT2D eigenvalue weighted by atomic mass is 10.1. The number of carbonyl (C=O) groups is 2. The van der Waals surface area contributed by atoms with E-state index in [4.69, 9.17) is 9.84 Å². The summed E-state index contributed by atoms with van der Waals surface area (Å²) in [7, 11) is 0. The smallest absolute Gasteiger partial charge is 0.341 e. The van der Waals surface area contributed by atoms with Crippen LogP contribution in [0.15, 0.2) is 18.2 Å².